The molecule has 2 aliphatic rings. The fraction of sp³-hybridized carbons (Fsp3) is 0.360. The lowest BCUT2D eigenvalue weighted by Crippen LogP contribution is -2.56. The van der Waals surface area contributed by atoms with Crippen molar-refractivity contribution in [1.29, 1.82) is 0 Å². The van der Waals surface area contributed by atoms with E-state index in [9.17, 15) is 0 Å². The van der Waals surface area contributed by atoms with Crippen molar-refractivity contribution in [2.75, 3.05) is 7.11 Å². The highest BCUT2D eigenvalue weighted by atomic mass is 16.5. The van der Waals surface area contributed by atoms with Crippen LogP contribution in [0.2, 0.25) is 0 Å². The zero-order valence-electron chi connectivity index (χ0n) is 16.4. The molecule has 0 bridgehead atoms. The summed E-state index contributed by atoms with van der Waals surface area (Å²) in [6, 6.07) is 21.8. The first-order valence-corrected chi connectivity index (χ1v) is 10.3. The minimum absolute atomic E-state index is 0.119. The van der Waals surface area contributed by atoms with Crippen LogP contribution in [-0.2, 0) is 13.0 Å². The maximum Gasteiger partial charge on any atom is 0.165 e. The van der Waals surface area contributed by atoms with Crippen LogP contribution in [0.25, 0.3) is 10.8 Å². The van der Waals surface area contributed by atoms with Gasteiger partial charge < -0.3 is 14.8 Å². The number of rotatable bonds is 4. The highest BCUT2D eigenvalue weighted by Gasteiger charge is 2.47. The highest BCUT2D eigenvalue weighted by Crippen LogP contribution is 2.46. The lowest BCUT2D eigenvalue weighted by Gasteiger charge is -2.43. The molecule has 3 heteroatoms. The largest absolute Gasteiger partial charge is 0.493 e. The van der Waals surface area contributed by atoms with Gasteiger partial charge in [0.25, 0.3) is 0 Å². The molecule has 3 aromatic carbocycles. The number of para-hydroxylation sites is 1. The van der Waals surface area contributed by atoms with Gasteiger partial charge >= 0.3 is 0 Å². The van der Waals surface area contributed by atoms with Gasteiger partial charge in [-0.1, -0.05) is 54.6 Å². The molecule has 1 fully saturated rings. The minimum Gasteiger partial charge on any atom is -0.493 e. The Morgan fingerprint density at radius 1 is 1.00 bits per heavy atom. The molecular formula is C25H27NO2. The van der Waals surface area contributed by atoms with Gasteiger partial charge in [-0.3, -0.25) is 0 Å². The summed E-state index contributed by atoms with van der Waals surface area (Å²) in [5, 5.41) is 6.50. The van der Waals surface area contributed by atoms with Gasteiger partial charge in [0.15, 0.2) is 11.5 Å². The molecule has 1 aliphatic carbocycles. The second-order valence-corrected chi connectivity index (χ2v) is 8.10. The van der Waals surface area contributed by atoms with Crippen molar-refractivity contribution >= 4 is 10.8 Å². The first-order chi connectivity index (χ1) is 13.8. The lowest BCUT2D eigenvalue weighted by atomic mass is 9.84. The third-order valence-electron chi connectivity index (χ3n) is 6.51. The van der Waals surface area contributed by atoms with Crippen molar-refractivity contribution in [2.45, 2.75) is 50.3 Å². The molecule has 28 heavy (non-hydrogen) atoms. The number of benzene rings is 3. The summed E-state index contributed by atoms with van der Waals surface area (Å²) >= 11 is 0. The van der Waals surface area contributed by atoms with Gasteiger partial charge in [0.05, 0.1) is 13.2 Å². The number of methoxy groups -OCH3 is 1. The monoisotopic (exact) mass is 373 g/mol. The van der Waals surface area contributed by atoms with Gasteiger partial charge in [0, 0.05) is 6.54 Å². The molecule has 1 aliphatic heterocycles. The molecule has 1 spiro atoms. The van der Waals surface area contributed by atoms with Gasteiger partial charge in [0.2, 0.25) is 0 Å². The molecule has 1 atom stereocenters. The number of nitrogens with one attached hydrogen (secondary N) is 1. The van der Waals surface area contributed by atoms with Gasteiger partial charge in [-0.15, -0.1) is 0 Å². The predicted molar refractivity (Wildman–Crippen MR) is 113 cm³/mol. The molecule has 0 aromatic heterocycles. The Bertz CT molecular complexity index is 986. The molecule has 1 heterocycles. The van der Waals surface area contributed by atoms with Crippen LogP contribution in [-0.4, -0.2) is 18.8 Å². The number of ether oxygens (including phenoxy) is 2. The van der Waals surface area contributed by atoms with E-state index in [1.54, 1.807) is 7.11 Å². The summed E-state index contributed by atoms with van der Waals surface area (Å²) < 4.78 is 12.3. The van der Waals surface area contributed by atoms with Gasteiger partial charge in [-0.05, 0) is 60.1 Å². The van der Waals surface area contributed by atoms with Gasteiger partial charge in [0.1, 0.15) is 5.60 Å². The Labute approximate surface area is 166 Å². The zero-order chi connectivity index (χ0) is 19.0. The molecule has 0 amide bonds. The van der Waals surface area contributed by atoms with Crippen LogP contribution >= 0.6 is 0 Å². The van der Waals surface area contributed by atoms with Crippen molar-refractivity contribution < 1.29 is 9.47 Å². The zero-order valence-corrected chi connectivity index (χ0v) is 16.4. The van der Waals surface area contributed by atoms with Gasteiger partial charge in [-0.25, -0.2) is 0 Å². The molecule has 0 saturated heterocycles. The van der Waals surface area contributed by atoms with Crippen LogP contribution in [0.5, 0.6) is 11.5 Å². The van der Waals surface area contributed by atoms with E-state index in [2.05, 4.69) is 59.9 Å². The van der Waals surface area contributed by atoms with E-state index in [4.69, 9.17) is 9.47 Å². The molecule has 1 saturated carbocycles. The SMILES string of the molecule is COc1cccc2c1OC1(CCCC1)C(NCc1cccc3ccccc13)C2. The van der Waals surface area contributed by atoms with Crippen LogP contribution in [0.3, 0.4) is 0 Å². The standard InChI is InChI=1S/C25H27NO2/c1-27-22-13-7-10-19-16-23(25(28-24(19)22)14-4-5-15-25)26-17-20-11-6-9-18-8-2-3-12-21(18)20/h2-3,6-13,23,26H,4-5,14-17H2,1H3. The van der Waals surface area contributed by atoms with E-state index < -0.39 is 0 Å². The minimum atomic E-state index is -0.119. The Morgan fingerprint density at radius 2 is 1.79 bits per heavy atom. The van der Waals surface area contributed by atoms with E-state index in [-0.39, 0.29) is 5.60 Å². The van der Waals surface area contributed by atoms with E-state index in [1.165, 1.54) is 34.7 Å². The summed E-state index contributed by atoms with van der Waals surface area (Å²) in [5.74, 6) is 1.81. The summed E-state index contributed by atoms with van der Waals surface area (Å²) in [6.45, 7) is 0.858. The molecule has 144 valence electrons. The molecule has 3 aromatic rings. The average Bonchev–Trinajstić information content (AvgIpc) is 3.20. The highest BCUT2D eigenvalue weighted by molar-refractivity contribution is 5.85. The molecule has 1 N–H and O–H groups in total. The maximum absolute atomic E-state index is 6.70. The van der Waals surface area contributed by atoms with Gasteiger partial charge in [-0.2, -0.15) is 0 Å². The van der Waals surface area contributed by atoms with Crippen LogP contribution in [0.15, 0.2) is 60.7 Å². The quantitative estimate of drug-likeness (QED) is 0.677. The smallest absolute Gasteiger partial charge is 0.165 e. The van der Waals surface area contributed by atoms with E-state index in [0.29, 0.717) is 6.04 Å². The predicted octanol–water partition coefficient (Wildman–Crippen LogP) is 5.25. The van der Waals surface area contributed by atoms with Crippen LogP contribution in [0.4, 0.5) is 0 Å². The first kappa shape index (κ1) is 17.6. The number of hydrogen-bond acceptors (Lipinski definition) is 3. The van der Waals surface area contributed by atoms with Crippen molar-refractivity contribution in [2.24, 2.45) is 0 Å². The third kappa shape index (κ3) is 2.94. The molecular weight excluding hydrogens is 346 g/mol. The van der Waals surface area contributed by atoms with Crippen LogP contribution in [0.1, 0.15) is 36.8 Å². The lowest BCUT2D eigenvalue weighted by molar-refractivity contribution is 0.0164. The van der Waals surface area contributed by atoms with Crippen molar-refractivity contribution in [3.8, 4) is 11.5 Å². The van der Waals surface area contributed by atoms with Crippen LogP contribution < -0.4 is 14.8 Å². The normalized spacial score (nSPS) is 20.1. The number of fused-ring (bicyclic) bond motifs is 2. The third-order valence-corrected chi connectivity index (χ3v) is 6.51. The molecule has 1 unspecified atom stereocenters. The summed E-state index contributed by atoms with van der Waals surface area (Å²) in [5.41, 5.74) is 2.47. The number of hydrogen-bond donors (Lipinski definition) is 1. The van der Waals surface area contributed by atoms with Crippen LogP contribution in [0, 0.1) is 0 Å². The average molecular weight is 373 g/mol. The van der Waals surface area contributed by atoms with Crippen molar-refractivity contribution in [3.05, 3.63) is 71.8 Å². The Hall–Kier alpha value is -2.52. The summed E-state index contributed by atoms with van der Waals surface area (Å²) in [6.07, 6.45) is 5.67. The maximum atomic E-state index is 6.70. The van der Waals surface area contributed by atoms with Crippen molar-refractivity contribution in [3.63, 3.8) is 0 Å². The molecule has 0 radical (unpaired) electrons. The van der Waals surface area contributed by atoms with Crippen molar-refractivity contribution in [1.82, 2.24) is 5.32 Å². The van der Waals surface area contributed by atoms with E-state index in [1.807, 2.05) is 6.07 Å². The first-order valence-electron chi connectivity index (χ1n) is 10.3. The summed E-state index contributed by atoms with van der Waals surface area (Å²) in [4.78, 5) is 0. The Morgan fingerprint density at radius 3 is 2.64 bits per heavy atom. The summed E-state index contributed by atoms with van der Waals surface area (Å²) in [7, 11) is 1.73. The topological polar surface area (TPSA) is 30.5 Å². The second-order valence-electron chi connectivity index (χ2n) is 8.10. The van der Waals surface area contributed by atoms with E-state index in [0.717, 1.165) is 37.3 Å². The fourth-order valence-electron chi connectivity index (χ4n) is 5.04. The molecule has 5 rings (SSSR count). The Kier molecular flexibility index (Phi) is 4.48. The van der Waals surface area contributed by atoms with E-state index >= 15 is 0 Å². The second kappa shape index (κ2) is 7.14. The molecule has 3 nitrogen and oxygen atoms in total. The fourth-order valence-corrected chi connectivity index (χ4v) is 5.04. The Balaban J connectivity index is 1.45.